The number of H-pyrrole nitrogens is 1. The van der Waals surface area contributed by atoms with E-state index < -0.39 is 0 Å². The molecule has 1 aromatic heterocycles. The summed E-state index contributed by atoms with van der Waals surface area (Å²) in [5, 5.41) is 3.80. The van der Waals surface area contributed by atoms with Gasteiger partial charge >= 0.3 is 5.56 Å². The van der Waals surface area contributed by atoms with E-state index in [2.05, 4.69) is 5.10 Å². The maximum atomic E-state index is 12.7. The second-order valence-corrected chi connectivity index (χ2v) is 7.16. The molecule has 1 N–H and O–H groups in total. The molecule has 0 spiro atoms. The van der Waals surface area contributed by atoms with E-state index in [0.717, 1.165) is 34.6 Å². The molecule has 4 rings (SSSR count). The van der Waals surface area contributed by atoms with Gasteiger partial charge in [-0.1, -0.05) is 40.0 Å². The molecule has 1 aliphatic rings. The first kappa shape index (κ1) is 17.9. The van der Waals surface area contributed by atoms with Gasteiger partial charge in [0.25, 0.3) is 0 Å². The van der Waals surface area contributed by atoms with Crippen molar-refractivity contribution in [3.05, 3.63) is 79.7 Å². The molecule has 3 aromatic rings. The van der Waals surface area contributed by atoms with Crippen molar-refractivity contribution >= 4 is 23.2 Å². The van der Waals surface area contributed by atoms with Crippen LogP contribution in [-0.2, 0) is 12.8 Å². The van der Waals surface area contributed by atoms with Gasteiger partial charge in [-0.25, -0.2) is 0 Å². The van der Waals surface area contributed by atoms with Crippen LogP contribution in [0.2, 0.25) is 10.0 Å². The number of rotatable bonds is 4. The molecule has 0 amide bonds. The minimum Gasteiger partial charge on any atom is -0.454 e. The average molecular weight is 404 g/mol. The Hall–Kier alpha value is -2.50. The summed E-state index contributed by atoms with van der Waals surface area (Å²) in [5.74, 6) is 1.50. The number of nitrogens with one attached hydrogen (secondary N) is 1. The highest BCUT2D eigenvalue weighted by atomic mass is 35.5. The lowest BCUT2D eigenvalue weighted by Crippen LogP contribution is -2.34. The smallest absolute Gasteiger partial charge is 0.325 e. The van der Waals surface area contributed by atoms with Gasteiger partial charge in [-0.15, -0.1) is 5.10 Å². The van der Waals surface area contributed by atoms with Gasteiger partial charge in [-0.05, 0) is 55.2 Å². The lowest BCUT2D eigenvalue weighted by Gasteiger charge is -2.06. The van der Waals surface area contributed by atoms with Crippen molar-refractivity contribution < 1.29 is 14.6 Å². The van der Waals surface area contributed by atoms with Crippen LogP contribution in [0.3, 0.4) is 0 Å². The van der Waals surface area contributed by atoms with E-state index in [1.54, 1.807) is 12.3 Å². The molecule has 0 unspecified atom stereocenters. The first-order chi connectivity index (χ1) is 13.0. The number of fused-ring (bicyclic) bond motifs is 1. The molecular weight excluding hydrogens is 387 g/mol. The van der Waals surface area contributed by atoms with Crippen LogP contribution in [0.1, 0.15) is 16.7 Å². The number of hydrogen-bond donors (Lipinski definition) is 0. The largest absolute Gasteiger partial charge is 0.454 e. The molecule has 0 bridgehead atoms. The Morgan fingerprint density at radius 1 is 1.07 bits per heavy atom. The molecule has 5 nitrogen and oxygen atoms in total. The minimum atomic E-state index is -0.306. The van der Waals surface area contributed by atoms with Crippen LogP contribution >= 0.6 is 23.2 Å². The van der Waals surface area contributed by atoms with Crippen molar-refractivity contribution in [1.82, 2.24) is 4.68 Å². The Kier molecular flexibility index (Phi) is 4.81. The SMILES string of the molecule is Cc1ccc(-n2[nH+]cc(CCc3ccc4c(c3)OCO4)c(Cl)c2=O)cc1Cl. The van der Waals surface area contributed by atoms with Crippen molar-refractivity contribution in [3.8, 4) is 17.2 Å². The summed E-state index contributed by atoms with van der Waals surface area (Å²) >= 11 is 12.5. The van der Waals surface area contributed by atoms with E-state index in [9.17, 15) is 4.79 Å². The lowest BCUT2D eigenvalue weighted by atomic mass is 10.1. The summed E-state index contributed by atoms with van der Waals surface area (Å²) in [6.07, 6.45) is 3.11. The zero-order valence-corrected chi connectivity index (χ0v) is 16.1. The van der Waals surface area contributed by atoms with E-state index in [-0.39, 0.29) is 17.4 Å². The van der Waals surface area contributed by atoms with Gasteiger partial charge in [0, 0.05) is 10.6 Å². The molecule has 7 heteroatoms. The Balaban J connectivity index is 1.57. The predicted molar refractivity (Wildman–Crippen MR) is 103 cm³/mol. The second kappa shape index (κ2) is 7.25. The number of aromatic amines is 1. The number of benzene rings is 2. The third kappa shape index (κ3) is 3.53. The van der Waals surface area contributed by atoms with Gasteiger partial charge in [-0.2, -0.15) is 0 Å². The monoisotopic (exact) mass is 403 g/mol. The third-order valence-corrected chi connectivity index (χ3v) is 5.39. The fraction of sp³-hybridized carbons (Fsp3) is 0.200. The van der Waals surface area contributed by atoms with Crippen LogP contribution in [0.5, 0.6) is 11.5 Å². The fourth-order valence-corrected chi connectivity index (χ4v) is 3.38. The van der Waals surface area contributed by atoms with Gasteiger partial charge in [-0.3, -0.25) is 4.79 Å². The van der Waals surface area contributed by atoms with Crippen molar-refractivity contribution in [1.29, 1.82) is 0 Å². The van der Waals surface area contributed by atoms with Gasteiger partial charge in [0.1, 0.15) is 10.7 Å². The molecule has 0 atom stereocenters. The summed E-state index contributed by atoms with van der Waals surface area (Å²) in [4.78, 5) is 12.7. The minimum absolute atomic E-state index is 0.200. The first-order valence-corrected chi connectivity index (χ1v) is 9.25. The van der Waals surface area contributed by atoms with Crippen LogP contribution in [0.4, 0.5) is 0 Å². The Morgan fingerprint density at radius 3 is 2.70 bits per heavy atom. The zero-order valence-electron chi connectivity index (χ0n) is 14.6. The molecule has 0 radical (unpaired) electrons. The number of hydrogen-bond acceptors (Lipinski definition) is 3. The summed E-state index contributed by atoms with van der Waals surface area (Å²) in [6.45, 7) is 2.16. The molecule has 27 heavy (non-hydrogen) atoms. The fourth-order valence-electron chi connectivity index (χ4n) is 2.97. The summed E-state index contributed by atoms with van der Waals surface area (Å²) in [6, 6.07) is 11.2. The Morgan fingerprint density at radius 2 is 1.89 bits per heavy atom. The topological polar surface area (TPSA) is 54.6 Å². The van der Waals surface area contributed by atoms with Gasteiger partial charge in [0.2, 0.25) is 6.79 Å². The van der Waals surface area contributed by atoms with Crippen LogP contribution in [0, 0.1) is 6.92 Å². The van der Waals surface area contributed by atoms with Crippen molar-refractivity contribution in [2.45, 2.75) is 19.8 Å². The van der Waals surface area contributed by atoms with Gasteiger partial charge in [0.05, 0.1) is 0 Å². The molecule has 138 valence electrons. The maximum Gasteiger partial charge on any atom is 0.325 e. The van der Waals surface area contributed by atoms with E-state index >= 15 is 0 Å². The van der Waals surface area contributed by atoms with Gasteiger partial charge in [0.15, 0.2) is 17.7 Å². The third-order valence-electron chi connectivity index (χ3n) is 4.57. The van der Waals surface area contributed by atoms with Crippen molar-refractivity contribution in [2.75, 3.05) is 6.79 Å². The summed E-state index contributed by atoms with van der Waals surface area (Å²) < 4.78 is 12.1. The Bertz CT molecular complexity index is 1080. The lowest BCUT2D eigenvalue weighted by molar-refractivity contribution is -0.483. The Labute approximate surface area is 166 Å². The highest BCUT2D eigenvalue weighted by Crippen LogP contribution is 2.32. The van der Waals surface area contributed by atoms with Gasteiger partial charge < -0.3 is 9.47 Å². The molecule has 0 fully saturated rings. The van der Waals surface area contributed by atoms with Crippen LogP contribution in [0.15, 0.2) is 47.4 Å². The number of nitrogens with zero attached hydrogens (tertiary/aromatic N) is 1. The number of aryl methyl sites for hydroxylation is 3. The molecule has 2 heterocycles. The normalized spacial score (nSPS) is 12.4. The molecular formula is C20H17Cl2N2O3+. The molecule has 1 aliphatic heterocycles. The summed E-state index contributed by atoms with van der Waals surface area (Å²) in [7, 11) is 0. The van der Waals surface area contributed by atoms with Crippen molar-refractivity contribution in [3.63, 3.8) is 0 Å². The summed E-state index contributed by atoms with van der Waals surface area (Å²) in [5.41, 5.74) is 3.12. The standard InChI is InChI=1S/C20H16Cl2N2O3/c1-12-2-6-15(9-16(12)21)24-20(25)19(22)14(10-23-24)5-3-13-4-7-17-18(8-13)27-11-26-17/h2,4,6-10H,3,5,11H2,1H3/p+1. The quantitative estimate of drug-likeness (QED) is 0.665. The molecule has 0 aliphatic carbocycles. The van der Waals surface area contributed by atoms with E-state index in [0.29, 0.717) is 17.1 Å². The number of ether oxygens (including phenoxy) is 2. The zero-order chi connectivity index (χ0) is 19.0. The van der Waals surface area contributed by atoms with E-state index in [1.807, 2.05) is 37.3 Å². The molecule has 0 saturated carbocycles. The van der Waals surface area contributed by atoms with Crippen LogP contribution in [0.25, 0.3) is 5.69 Å². The molecule has 0 saturated heterocycles. The number of aromatic nitrogens is 2. The maximum absolute atomic E-state index is 12.7. The van der Waals surface area contributed by atoms with Crippen LogP contribution < -0.4 is 20.1 Å². The van der Waals surface area contributed by atoms with Crippen molar-refractivity contribution in [2.24, 2.45) is 0 Å². The van der Waals surface area contributed by atoms with E-state index in [4.69, 9.17) is 32.7 Å². The second-order valence-electron chi connectivity index (χ2n) is 6.37. The predicted octanol–water partition coefficient (Wildman–Crippen LogP) is 3.78. The number of halogens is 2. The molecule has 2 aromatic carbocycles. The highest BCUT2D eigenvalue weighted by Gasteiger charge is 2.17. The van der Waals surface area contributed by atoms with E-state index in [1.165, 1.54) is 4.68 Å². The first-order valence-electron chi connectivity index (χ1n) is 8.50. The highest BCUT2D eigenvalue weighted by molar-refractivity contribution is 6.31. The van der Waals surface area contributed by atoms with Crippen LogP contribution in [-0.4, -0.2) is 11.5 Å². The average Bonchev–Trinajstić information content (AvgIpc) is 3.13.